The van der Waals surface area contributed by atoms with Gasteiger partial charge in [-0.15, -0.1) is 0 Å². The molecule has 0 bridgehead atoms. The molecule has 8 heteroatoms. The minimum absolute atomic E-state index is 0.0897. The number of carboxylic acid groups (broad SMARTS) is 1. The zero-order chi connectivity index (χ0) is 14.2. The molecule has 0 saturated carbocycles. The van der Waals surface area contributed by atoms with E-state index in [1.54, 1.807) is 0 Å². The number of halogens is 2. The lowest BCUT2D eigenvalue weighted by atomic mass is 10.3. The topological polar surface area (TPSA) is 92.2 Å². The van der Waals surface area contributed by atoms with Gasteiger partial charge in [-0.2, -0.15) is 0 Å². The van der Waals surface area contributed by atoms with Crippen molar-refractivity contribution in [3.05, 3.63) is 60.8 Å². The first-order valence-corrected chi connectivity index (χ1v) is 5.70. The number of rotatable bonds is 2. The molecule has 0 fully saturated rings. The third-order valence-corrected chi connectivity index (χ3v) is 2.75. The second-order valence-corrected chi connectivity index (χ2v) is 4.45. The van der Waals surface area contributed by atoms with E-state index in [4.69, 9.17) is 28.3 Å². The van der Waals surface area contributed by atoms with Gasteiger partial charge >= 0.3 is 11.7 Å². The third kappa shape index (κ3) is 2.54. The van der Waals surface area contributed by atoms with Gasteiger partial charge in [-0.05, 0) is 18.2 Å². The molecule has 0 spiro atoms. The van der Waals surface area contributed by atoms with Crippen LogP contribution in [-0.4, -0.2) is 20.6 Å². The molecule has 0 unspecified atom stereocenters. The zero-order valence-electron chi connectivity index (χ0n) is 9.18. The van der Waals surface area contributed by atoms with E-state index >= 15 is 0 Å². The van der Waals surface area contributed by atoms with Crippen molar-refractivity contribution in [1.82, 2.24) is 9.55 Å². The molecule has 98 valence electrons. The maximum absolute atomic E-state index is 11.9. The van der Waals surface area contributed by atoms with Gasteiger partial charge in [-0.25, -0.2) is 14.2 Å². The minimum atomic E-state index is -1.44. The summed E-state index contributed by atoms with van der Waals surface area (Å²) in [5, 5.41) is 9.28. The number of nitrogens with one attached hydrogen (secondary N) is 1. The molecule has 1 heterocycles. The second kappa shape index (κ2) is 4.91. The Hall–Kier alpha value is -2.05. The largest absolute Gasteiger partial charge is 0.477 e. The van der Waals surface area contributed by atoms with Gasteiger partial charge in [0.15, 0.2) is 0 Å². The number of carbonyl (C=O) groups is 1. The fraction of sp³-hybridized carbons (Fsp3) is 0. The molecular weight excluding hydrogens is 295 g/mol. The van der Waals surface area contributed by atoms with E-state index < -0.39 is 22.8 Å². The van der Waals surface area contributed by atoms with E-state index in [1.165, 1.54) is 18.2 Å². The van der Waals surface area contributed by atoms with Crippen LogP contribution in [0.2, 0.25) is 10.0 Å². The number of aromatic amines is 1. The van der Waals surface area contributed by atoms with Crippen molar-refractivity contribution in [2.45, 2.75) is 0 Å². The summed E-state index contributed by atoms with van der Waals surface area (Å²) >= 11 is 11.6. The van der Waals surface area contributed by atoms with Crippen molar-refractivity contribution in [2.75, 3.05) is 0 Å². The molecule has 6 nitrogen and oxygen atoms in total. The van der Waals surface area contributed by atoms with Crippen molar-refractivity contribution >= 4 is 29.2 Å². The number of hydrogen-bond acceptors (Lipinski definition) is 3. The van der Waals surface area contributed by atoms with Crippen LogP contribution < -0.4 is 11.2 Å². The lowest BCUT2D eigenvalue weighted by Gasteiger charge is -2.06. The van der Waals surface area contributed by atoms with E-state index in [0.29, 0.717) is 4.57 Å². The Morgan fingerprint density at radius 1 is 1.16 bits per heavy atom. The zero-order valence-corrected chi connectivity index (χ0v) is 10.7. The molecule has 19 heavy (non-hydrogen) atoms. The highest BCUT2D eigenvalue weighted by Gasteiger charge is 2.15. The Kier molecular flexibility index (Phi) is 3.46. The summed E-state index contributed by atoms with van der Waals surface area (Å²) in [6.07, 6.45) is 0.843. The number of benzene rings is 1. The van der Waals surface area contributed by atoms with Gasteiger partial charge in [0.1, 0.15) is 5.56 Å². The lowest BCUT2D eigenvalue weighted by Crippen LogP contribution is -2.36. The first-order valence-electron chi connectivity index (χ1n) is 4.94. The minimum Gasteiger partial charge on any atom is -0.477 e. The van der Waals surface area contributed by atoms with E-state index in [2.05, 4.69) is 4.98 Å². The third-order valence-electron chi connectivity index (χ3n) is 2.31. The molecule has 2 aromatic rings. The Morgan fingerprint density at radius 3 is 2.26 bits per heavy atom. The molecule has 1 aromatic carbocycles. The van der Waals surface area contributed by atoms with E-state index in [1.807, 2.05) is 0 Å². The summed E-state index contributed by atoms with van der Waals surface area (Å²) < 4.78 is 0.654. The number of aromatic carboxylic acids is 1. The molecule has 0 aliphatic carbocycles. The smallest absolute Gasteiger partial charge is 0.342 e. The number of hydrogen-bond donors (Lipinski definition) is 2. The first kappa shape index (κ1) is 13.4. The molecular formula is C11H6Cl2N2O4. The molecule has 0 radical (unpaired) electrons. The van der Waals surface area contributed by atoms with Crippen LogP contribution in [0.1, 0.15) is 10.4 Å². The number of carboxylic acids is 1. The fourth-order valence-corrected chi connectivity index (χ4v) is 2.04. The summed E-state index contributed by atoms with van der Waals surface area (Å²) in [6.45, 7) is 0. The van der Waals surface area contributed by atoms with Crippen molar-refractivity contribution < 1.29 is 9.90 Å². The van der Waals surface area contributed by atoms with Crippen molar-refractivity contribution in [2.24, 2.45) is 0 Å². The van der Waals surface area contributed by atoms with Crippen LogP contribution in [0.15, 0.2) is 34.0 Å². The number of aromatic nitrogens is 2. The molecule has 2 N–H and O–H groups in total. The molecule has 0 aliphatic heterocycles. The van der Waals surface area contributed by atoms with Crippen molar-refractivity contribution in [3.63, 3.8) is 0 Å². The number of nitrogens with zero attached hydrogens (tertiary/aromatic N) is 1. The van der Waals surface area contributed by atoms with Crippen LogP contribution >= 0.6 is 23.2 Å². The van der Waals surface area contributed by atoms with Gasteiger partial charge in [0.2, 0.25) is 0 Å². The first-order chi connectivity index (χ1) is 8.90. The Bertz CT molecular complexity index is 759. The maximum Gasteiger partial charge on any atom is 0.342 e. The lowest BCUT2D eigenvalue weighted by molar-refractivity contribution is 0.0694. The highest BCUT2D eigenvalue weighted by molar-refractivity contribution is 6.34. The summed E-state index contributed by atoms with van der Waals surface area (Å²) in [6, 6.07) is 4.08. The van der Waals surface area contributed by atoms with Crippen molar-refractivity contribution in [1.29, 1.82) is 0 Å². The van der Waals surface area contributed by atoms with Crippen molar-refractivity contribution in [3.8, 4) is 5.69 Å². The van der Waals surface area contributed by atoms with Crippen LogP contribution in [0.3, 0.4) is 0 Å². The molecule has 0 amide bonds. The summed E-state index contributed by atoms with van der Waals surface area (Å²) in [5.41, 5.74) is -2.22. The molecule has 0 aliphatic rings. The predicted octanol–water partition coefficient (Wildman–Crippen LogP) is 1.53. The number of H-pyrrole nitrogens is 1. The molecule has 0 atom stereocenters. The fourth-order valence-electron chi connectivity index (χ4n) is 1.53. The van der Waals surface area contributed by atoms with Crippen LogP contribution in [0, 0.1) is 0 Å². The van der Waals surface area contributed by atoms with Gasteiger partial charge < -0.3 is 10.1 Å². The molecule has 1 aromatic heterocycles. The summed E-state index contributed by atoms with van der Waals surface area (Å²) in [7, 11) is 0. The normalized spacial score (nSPS) is 10.4. The Labute approximate surface area is 115 Å². The average Bonchev–Trinajstić information content (AvgIpc) is 2.26. The summed E-state index contributed by atoms with van der Waals surface area (Å²) in [4.78, 5) is 36.6. The second-order valence-electron chi connectivity index (χ2n) is 3.58. The molecule has 2 rings (SSSR count). The highest BCUT2D eigenvalue weighted by atomic mass is 35.5. The SMILES string of the molecule is O=C(O)c1c[nH]c(=O)n(-c2cc(Cl)cc(Cl)c2)c1=O. The van der Waals surface area contributed by atoms with Crippen LogP contribution in [0.5, 0.6) is 0 Å². The van der Waals surface area contributed by atoms with Gasteiger partial charge in [0.25, 0.3) is 5.56 Å². The van der Waals surface area contributed by atoms with Gasteiger partial charge in [0.05, 0.1) is 5.69 Å². The Morgan fingerprint density at radius 2 is 1.74 bits per heavy atom. The summed E-state index contributed by atoms with van der Waals surface area (Å²) in [5.74, 6) is -1.44. The van der Waals surface area contributed by atoms with Crippen LogP contribution in [0.25, 0.3) is 5.69 Å². The van der Waals surface area contributed by atoms with Crippen LogP contribution in [-0.2, 0) is 0 Å². The van der Waals surface area contributed by atoms with E-state index in [-0.39, 0.29) is 15.7 Å². The van der Waals surface area contributed by atoms with E-state index in [0.717, 1.165) is 6.20 Å². The maximum atomic E-state index is 11.9. The Balaban J connectivity index is 2.82. The van der Waals surface area contributed by atoms with Gasteiger partial charge in [-0.3, -0.25) is 4.79 Å². The molecule has 0 saturated heterocycles. The van der Waals surface area contributed by atoms with E-state index in [9.17, 15) is 14.4 Å². The van der Waals surface area contributed by atoms with Gasteiger partial charge in [-0.1, -0.05) is 23.2 Å². The van der Waals surface area contributed by atoms with Crippen LogP contribution in [0.4, 0.5) is 0 Å². The monoisotopic (exact) mass is 300 g/mol. The quantitative estimate of drug-likeness (QED) is 0.880. The standard InChI is InChI=1S/C11H6Cl2N2O4/c12-5-1-6(13)3-7(2-5)15-9(16)8(10(17)18)4-14-11(15)19/h1-4H,(H,14,19)(H,17,18). The average molecular weight is 301 g/mol. The van der Waals surface area contributed by atoms with Gasteiger partial charge in [0, 0.05) is 16.2 Å². The highest BCUT2D eigenvalue weighted by Crippen LogP contribution is 2.20. The predicted molar refractivity (Wildman–Crippen MR) is 69.6 cm³/mol.